The van der Waals surface area contributed by atoms with Gasteiger partial charge in [-0.25, -0.2) is 8.42 Å². The van der Waals surface area contributed by atoms with E-state index in [2.05, 4.69) is 29.7 Å². The van der Waals surface area contributed by atoms with Gasteiger partial charge >= 0.3 is 0 Å². The number of para-hydroxylation sites is 1. The Labute approximate surface area is 169 Å². The van der Waals surface area contributed by atoms with E-state index in [1.165, 1.54) is 16.7 Å². The highest BCUT2D eigenvalue weighted by Gasteiger charge is 2.33. The zero-order valence-corrected chi connectivity index (χ0v) is 17.5. The average Bonchev–Trinajstić information content (AvgIpc) is 3.26. The van der Waals surface area contributed by atoms with E-state index >= 15 is 0 Å². The van der Waals surface area contributed by atoms with E-state index in [4.69, 9.17) is 0 Å². The van der Waals surface area contributed by atoms with Gasteiger partial charge in [-0.15, -0.1) is 11.3 Å². The number of aromatic nitrogens is 1. The summed E-state index contributed by atoms with van der Waals surface area (Å²) in [4.78, 5) is 15.4. The number of rotatable bonds is 4. The average molecular weight is 417 g/mol. The van der Waals surface area contributed by atoms with E-state index < -0.39 is 15.1 Å². The number of thiophene rings is 1. The molecule has 1 fully saturated rings. The van der Waals surface area contributed by atoms with E-state index in [1.54, 1.807) is 4.90 Å². The lowest BCUT2D eigenvalue weighted by molar-refractivity contribution is -0.131. The Bertz CT molecular complexity index is 1080. The number of amides is 1. The Morgan fingerprint density at radius 1 is 1.18 bits per heavy atom. The summed E-state index contributed by atoms with van der Waals surface area (Å²) in [5.41, 5.74) is 2.26. The quantitative estimate of drug-likeness (QED) is 0.650. The summed E-state index contributed by atoms with van der Waals surface area (Å²) in [6.45, 7) is 3.44. The minimum atomic E-state index is -3.23. The van der Waals surface area contributed by atoms with Crippen LogP contribution in [0, 0.1) is 6.92 Å². The molecule has 28 heavy (non-hydrogen) atoms. The van der Waals surface area contributed by atoms with E-state index in [1.807, 2.05) is 29.6 Å². The van der Waals surface area contributed by atoms with Gasteiger partial charge < -0.3 is 9.47 Å². The number of benzene rings is 1. The molecule has 0 bridgehead atoms. The molecule has 0 saturated carbocycles. The third-order valence-electron chi connectivity index (χ3n) is 5.52. The van der Waals surface area contributed by atoms with Gasteiger partial charge in [-0.1, -0.05) is 24.3 Å². The fraction of sp³-hybridized carbons (Fsp3) is 0.381. The highest BCUT2D eigenvalue weighted by molar-refractivity contribution is 7.91. The number of hydrogen-bond donors (Lipinski definition) is 0. The zero-order chi connectivity index (χ0) is 19.7. The van der Waals surface area contributed by atoms with E-state index in [9.17, 15) is 13.2 Å². The number of fused-ring (bicyclic) bond motifs is 1. The van der Waals surface area contributed by atoms with Crippen LogP contribution in [0.15, 0.2) is 47.8 Å². The van der Waals surface area contributed by atoms with E-state index in [0.717, 1.165) is 16.1 Å². The predicted octanol–water partition coefficient (Wildman–Crippen LogP) is 3.79. The van der Waals surface area contributed by atoms with Crippen molar-refractivity contribution in [3.05, 3.63) is 58.4 Å². The second-order valence-electron chi connectivity index (χ2n) is 7.29. The van der Waals surface area contributed by atoms with Crippen LogP contribution in [0.25, 0.3) is 10.9 Å². The number of hydrogen-bond acceptors (Lipinski definition) is 4. The maximum Gasteiger partial charge on any atom is 0.224 e. The van der Waals surface area contributed by atoms with Gasteiger partial charge in [0.2, 0.25) is 5.91 Å². The molecule has 1 aliphatic heterocycles. The van der Waals surface area contributed by atoms with Crippen molar-refractivity contribution in [2.24, 2.45) is 0 Å². The Hall–Kier alpha value is -2.12. The summed E-state index contributed by atoms with van der Waals surface area (Å²) in [6.07, 6.45) is 0.850. The molecule has 1 atom stereocenters. The molecule has 148 valence electrons. The van der Waals surface area contributed by atoms with Gasteiger partial charge in [0, 0.05) is 42.1 Å². The van der Waals surface area contributed by atoms with Crippen molar-refractivity contribution in [3.63, 3.8) is 0 Å². The summed E-state index contributed by atoms with van der Waals surface area (Å²) in [7, 11) is -3.23. The topological polar surface area (TPSA) is 59.4 Å². The van der Waals surface area contributed by atoms with Gasteiger partial charge in [0.1, 0.15) is 0 Å². The lowest BCUT2D eigenvalue weighted by Gasteiger charge is -2.20. The van der Waals surface area contributed by atoms with Crippen LogP contribution < -0.4 is 0 Å². The van der Waals surface area contributed by atoms with Gasteiger partial charge in [0.15, 0.2) is 9.84 Å². The van der Waals surface area contributed by atoms with Crippen molar-refractivity contribution >= 4 is 38.0 Å². The first-order valence-corrected chi connectivity index (χ1v) is 12.1. The molecule has 1 amide bonds. The van der Waals surface area contributed by atoms with E-state index in [-0.39, 0.29) is 18.2 Å². The maximum atomic E-state index is 12.8. The van der Waals surface area contributed by atoms with Crippen LogP contribution in [0.4, 0.5) is 0 Å². The molecular formula is C21H24N2O3S2. The molecule has 1 aromatic carbocycles. The SMILES string of the molecule is Cc1cc2ccccc2n1CCC(=O)N1CC[C@@H](c2cccs2)S(=O)(=O)CC1. The minimum absolute atomic E-state index is 0.0270. The Kier molecular flexibility index (Phi) is 5.29. The molecule has 0 unspecified atom stereocenters. The van der Waals surface area contributed by atoms with Gasteiger partial charge in [0.25, 0.3) is 0 Å². The third-order valence-corrected chi connectivity index (χ3v) is 8.76. The molecule has 7 heteroatoms. The summed E-state index contributed by atoms with van der Waals surface area (Å²) < 4.78 is 27.5. The molecule has 1 aliphatic rings. The molecule has 0 spiro atoms. The maximum absolute atomic E-state index is 12.8. The van der Waals surface area contributed by atoms with Gasteiger partial charge in [0.05, 0.1) is 11.0 Å². The van der Waals surface area contributed by atoms with Crippen molar-refractivity contribution < 1.29 is 13.2 Å². The molecule has 0 aliphatic carbocycles. The van der Waals surface area contributed by atoms with Crippen LogP contribution in [0.5, 0.6) is 0 Å². The molecule has 4 rings (SSSR count). The predicted molar refractivity (Wildman–Crippen MR) is 113 cm³/mol. The first-order chi connectivity index (χ1) is 13.5. The Balaban J connectivity index is 1.45. The fourth-order valence-electron chi connectivity index (χ4n) is 4.00. The largest absolute Gasteiger partial charge is 0.344 e. The van der Waals surface area contributed by atoms with Crippen LogP contribution in [-0.2, 0) is 21.2 Å². The van der Waals surface area contributed by atoms with Crippen LogP contribution in [0.3, 0.4) is 0 Å². The Morgan fingerprint density at radius 2 is 2.00 bits per heavy atom. The highest BCUT2D eigenvalue weighted by atomic mass is 32.2. The standard InChI is InChI=1S/C21H24N2O3S2/c1-16-15-17-5-2-3-6-18(17)23(16)11-9-21(24)22-10-8-20(19-7-4-13-27-19)28(25,26)14-12-22/h2-7,13,15,20H,8-12,14H2,1H3/t20-/m0/s1. The molecule has 2 aromatic heterocycles. The molecule has 3 aromatic rings. The van der Waals surface area contributed by atoms with Gasteiger partial charge in [-0.2, -0.15) is 0 Å². The molecule has 0 radical (unpaired) electrons. The van der Waals surface area contributed by atoms with Crippen LogP contribution in [0.1, 0.15) is 28.7 Å². The zero-order valence-electron chi connectivity index (χ0n) is 15.9. The fourth-order valence-corrected chi connectivity index (χ4v) is 7.00. The normalized spacial score (nSPS) is 19.6. The number of aryl methyl sites for hydroxylation is 2. The molecule has 1 saturated heterocycles. The summed E-state index contributed by atoms with van der Waals surface area (Å²) in [6, 6.07) is 14.0. The van der Waals surface area contributed by atoms with Crippen molar-refractivity contribution in [1.29, 1.82) is 0 Å². The van der Waals surface area contributed by atoms with Gasteiger partial charge in [-0.05, 0) is 42.3 Å². The number of carbonyl (C=O) groups excluding carboxylic acids is 1. The number of sulfone groups is 1. The monoisotopic (exact) mass is 416 g/mol. The Morgan fingerprint density at radius 3 is 2.79 bits per heavy atom. The summed E-state index contributed by atoms with van der Waals surface area (Å²) >= 11 is 1.48. The van der Waals surface area contributed by atoms with Crippen LogP contribution >= 0.6 is 11.3 Å². The first kappa shape index (κ1) is 19.2. The van der Waals surface area contributed by atoms with Gasteiger partial charge in [-0.3, -0.25) is 4.79 Å². The van der Waals surface area contributed by atoms with Crippen LogP contribution in [-0.4, -0.2) is 42.6 Å². The molecule has 3 heterocycles. The van der Waals surface area contributed by atoms with Crippen molar-refractivity contribution in [1.82, 2.24) is 9.47 Å². The number of carbonyl (C=O) groups is 1. The van der Waals surface area contributed by atoms with Crippen molar-refractivity contribution in [3.8, 4) is 0 Å². The second-order valence-corrected chi connectivity index (χ2v) is 10.6. The smallest absolute Gasteiger partial charge is 0.224 e. The lowest BCUT2D eigenvalue weighted by atomic mass is 10.2. The number of nitrogens with zero attached hydrogens (tertiary/aromatic N) is 2. The molecule has 0 N–H and O–H groups in total. The second kappa shape index (κ2) is 7.72. The van der Waals surface area contributed by atoms with E-state index in [0.29, 0.717) is 25.9 Å². The first-order valence-electron chi connectivity index (χ1n) is 9.53. The summed E-state index contributed by atoms with van der Waals surface area (Å²) in [5, 5.41) is 2.59. The highest BCUT2D eigenvalue weighted by Crippen LogP contribution is 2.32. The molecule has 5 nitrogen and oxygen atoms in total. The van der Waals surface area contributed by atoms with Crippen molar-refractivity contribution in [2.45, 2.75) is 31.6 Å². The lowest BCUT2D eigenvalue weighted by Crippen LogP contribution is -2.34. The third kappa shape index (κ3) is 3.73. The summed E-state index contributed by atoms with van der Waals surface area (Å²) in [5.74, 6) is 0.0616. The minimum Gasteiger partial charge on any atom is -0.344 e. The van der Waals surface area contributed by atoms with Crippen LogP contribution in [0.2, 0.25) is 0 Å². The van der Waals surface area contributed by atoms with Crippen molar-refractivity contribution in [2.75, 3.05) is 18.8 Å². The molecular weight excluding hydrogens is 392 g/mol.